The summed E-state index contributed by atoms with van der Waals surface area (Å²) in [5.74, 6) is -1.52. The van der Waals surface area contributed by atoms with E-state index in [0.717, 1.165) is 5.56 Å². The third-order valence-corrected chi connectivity index (χ3v) is 6.54. The number of aromatic nitrogens is 1. The van der Waals surface area contributed by atoms with E-state index in [1.807, 2.05) is 51.1 Å². The normalized spacial score (nSPS) is 12.0. The Bertz CT molecular complexity index is 1150. The molecule has 0 bridgehead atoms. The average Bonchev–Trinajstić information content (AvgIpc) is 3.36. The highest BCUT2D eigenvalue weighted by molar-refractivity contribution is 7.13. The first-order valence-corrected chi connectivity index (χ1v) is 12.7. The predicted octanol–water partition coefficient (Wildman–Crippen LogP) is 5.08. The second kappa shape index (κ2) is 12.4. The van der Waals surface area contributed by atoms with Gasteiger partial charge in [-0.2, -0.15) is 0 Å². The van der Waals surface area contributed by atoms with Crippen molar-refractivity contribution in [3.8, 4) is 0 Å². The second-order valence-corrected chi connectivity index (χ2v) is 9.97. The minimum atomic E-state index is -1.01. The lowest BCUT2D eigenvalue weighted by molar-refractivity contribution is -0.142. The summed E-state index contributed by atoms with van der Waals surface area (Å²) in [6.45, 7) is 5.91. The van der Waals surface area contributed by atoms with Gasteiger partial charge in [0.25, 0.3) is 0 Å². The van der Waals surface area contributed by atoms with Gasteiger partial charge in [-0.3, -0.25) is 14.4 Å². The Morgan fingerprint density at radius 1 is 1.06 bits per heavy atom. The lowest BCUT2D eigenvalue weighted by Gasteiger charge is -2.34. The second-order valence-electron chi connectivity index (χ2n) is 9.07. The standard InChI is InChI=1S/C27H31FN4O3S/c1-4-27(2,3)31-25(35)24(20-10-12-21(28)13-11-20)32(18-19-8-6-5-7-9-19)23(34)15-14-22(33)30-26-29-16-17-36-26/h5-13,16-17,24H,4,14-15,18H2,1-3H3,(H,31,35)(H,29,30,33). The molecule has 0 aliphatic rings. The Morgan fingerprint density at radius 3 is 2.36 bits per heavy atom. The Hall–Kier alpha value is -3.59. The topological polar surface area (TPSA) is 91.4 Å². The van der Waals surface area contributed by atoms with Gasteiger partial charge >= 0.3 is 0 Å². The minimum absolute atomic E-state index is 0.0675. The van der Waals surface area contributed by atoms with Crippen LogP contribution in [0.3, 0.4) is 0 Å². The van der Waals surface area contributed by atoms with Crippen molar-refractivity contribution in [1.82, 2.24) is 15.2 Å². The van der Waals surface area contributed by atoms with E-state index in [2.05, 4.69) is 15.6 Å². The molecule has 1 unspecified atom stereocenters. The van der Waals surface area contributed by atoms with Gasteiger partial charge in [0, 0.05) is 36.5 Å². The maximum absolute atomic E-state index is 13.7. The van der Waals surface area contributed by atoms with Gasteiger partial charge in [0.2, 0.25) is 17.7 Å². The van der Waals surface area contributed by atoms with Crippen LogP contribution in [0.1, 0.15) is 57.2 Å². The zero-order valence-electron chi connectivity index (χ0n) is 20.7. The van der Waals surface area contributed by atoms with E-state index in [4.69, 9.17) is 0 Å². The number of carbonyl (C=O) groups is 3. The zero-order chi connectivity index (χ0) is 26.1. The molecule has 0 aliphatic heterocycles. The Balaban J connectivity index is 1.90. The molecule has 0 aliphatic carbocycles. The maximum Gasteiger partial charge on any atom is 0.247 e. The molecule has 1 aromatic heterocycles. The summed E-state index contributed by atoms with van der Waals surface area (Å²) in [6, 6.07) is 13.9. The van der Waals surface area contributed by atoms with Crippen LogP contribution >= 0.6 is 11.3 Å². The highest BCUT2D eigenvalue weighted by Gasteiger charge is 2.34. The Morgan fingerprint density at radius 2 is 1.75 bits per heavy atom. The number of benzene rings is 2. The van der Waals surface area contributed by atoms with Crippen LogP contribution in [0.25, 0.3) is 0 Å². The van der Waals surface area contributed by atoms with Crippen LogP contribution in [-0.2, 0) is 20.9 Å². The van der Waals surface area contributed by atoms with Crippen molar-refractivity contribution in [1.29, 1.82) is 0 Å². The molecule has 9 heteroatoms. The molecule has 0 saturated carbocycles. The number of carbonyl (C=O) groups excluding carboxylic acids is 3. The number of rotatable bonds is 11. The van der Waals surface area contributed by atoms with Crippen molar-refractivity contribution >= 4 is 34.2 Å². The average molecular weight is 511 g/mol. The van der Waals surface area contributed by atoms with E-state index >= 15 is 0 Å². The van der Waals surface area contributed by atoms with Crippen molar-refractivity contribution < 1.29 is 18.8 Å². The third-order valence-electron chi connectivity index (χ3n) is 5.85. The van der Waals surface area contributed by atoms with Gasteiger partial charge < -0.3 is 15.5 Å². The molecule has 3 rings (SSSR count). The fourth-order valence-corrected chi connectivity index (χ4v) is 4.09. The number of amides is 3. The lowest BCUT2D eigenvalue weighted by atomic mass is 9.98. The summed E-state index contributed by atoms with van der Waals surface area (Å²) >= 11 is 1.29. The van der Waals surface area contributed by atoms with Crippen LogP contribution in [0, 0.1) is 5.82 Å². The molecular weight excluding hydrogens is 479 g/mol. The summed E-state index contributed by atoms with van der Waals surface area (Å²) < 4.78 is 13.7. The van der Waals surface area contributed by atoms with Crippen molar-refractivity contribution in [3.63, 3.8) is 0 Å². The van der Waals surface area contributed by atoms with Crippen molar-refractivity contribution in [2.75, 3.05) is 5.32 Å². The van der Waals surface area contributed by atoms with Crippen LogP contribution in [0.2, 0.25) is 0 Å². The SMILES string of the molecule is CCC(C)(C)NC(=O)C(c1ccc(F)cc1)N(Cc1ccccc1)C(=O)CCC(=O)Nc1nccs1. The predicted molar refractivity (Wildman–Crippen MR) is 139 cm³/mol. The number of halogens is 1. The van der Waals surface area contributed by atoms with E-state index in [0.29, 0.717) is 17.1 Å². The molecule has 1 atom stereocenters. The Kier molecular flexibility index (Phi) is 9.30. The van der Waals surface area contributed by atoms with Gasteiger partial charge in [-0.25, -0.2) is 9.37 Å². The largest absolute Gasteiger partial charge is 0.349 e. The van der Waals surface area contributed by atoms with E-state index < -0.39 is 17.4 Å². The molecule has 36 heavy (non-hydrogen) atoms. The monoisotopic (exact) mass is 510 g/mol. The van der Waals surface area contributed by atoms with Crippen molar-refractivity contribution in [3.05, 3.63) is 83.1 Å². The highest BCUT2D eigenvalue weighted by atomic mass is 32.1. The highest BCUT2D eigenvalue weighted by Crippen LogP contribution is 2.27. The van der Waals surface area contributed by atoms with Crippen LogP contribution < -0.4 is 10.6 Å². The summed E-state index contributed by atoms with van der Waals surface area (Å²) in [4.78, 5) is 45.0. The van der Waals surface area contributed by atoms with Gasteiger partial charge in [-0.05, 0) is 43.5 Å². The molecule has 2 N–H and O–H groups in total. The van der Waals surface area contributed by atoms with Crippen LogP contribution in [0.4, 0.5) is 9.52 Å². The number of thiazole rings is 1. The molecule has 0 fully saturated rings. The quantitative estimate of drug-likeness (QED) is 0.377. The molecule has 7 nitrogen and oxygen atoms in total. The molecule has 0 radical (unpaired) electrons. The third kappa shape index (κ3) is 7.71. The zero-order valence-corrected chi connectivity index (χ0v) is 21.5. The number of hydrogen-bond donors (Lipinski definition) is 2. The van der Waals surface area contributed by atoms with Crippen LogP contribution in [0.15, 0.2) is 66.2 Å². The van der Waals surface area contributed by atoms with Crippen molar-refractivity contribution in [2.24, 2.45) is 0 Å². The summed E-state index contributed by atoms with van der Waals surface area (Å²) in [6.07, 6.45) is 2.09. The fourth-order valence-electron chi connectivity index (χ4n) is 3.54. The number of hydrogen-bond acceptors (Lipinski definition) is 5. The van der Waals surface area contributed by atoms with E-state index in [1.165, 1.54) is 40.5 Å². The lowest BCUT2D eigenvalue weighted by Crippen LogP contribution is -2.50. The molecule has 0 saturated heterocycles. The van der Waals surface area contributed by atoms with Gasteiger partial charge in [-0.1, -0.05) is 49.4 Å². The van der Waals surface area contributed by atoms with E-state index in [9.17, 15) is 18.8 Å². The van der Waals surface area contributed by atoms with Crippen LogP contribution in [-0.4, -0.2) is 33.1 Å². The maximum atomic E-state index is 13.7. The number of nitrogens with one attached hydrogen (secondary N) is 2. The molecule has 2 aromatic carbocycles. The number of nitrogens with zero attached hydrogens (tertiary/aromatic N) is 2. The Labute approximate surface area is 214 Å². The van der Waals surface area contributed by atoms with E-state index in [-0.39, 0.29) is 37.1 Å². The molecule has 1 heterocycles. The summed E-state index contributed by atoms with van der Waals surface area (Å²) in [7, 11) is 0. The summed E-state index contributed by atoms with van der Waals surface area (Å²) in [5, 5.41) is 7.89. The van der Waals surface area contributed by atoms with Crippen molar-refractivity contribution in [2.45, 2.75) is 58.2 Å². The molecule has 3 aromatic rings. The van der Waals surface area contributed by atoms with Gasteiger partial charge in [0.05, 0.1) is 0 Å². The van der Waals surface area contributed by atoms with Crippen LogP contribution in [0.5, 0.6) is 0 Å². The first kappa shape index (κ1) is 27.0. The van der Waals surface area contributed by atoms with Gasteiger partial charge in [0.1, 0.15) is 11.9 Å². The smallest absolute Gasteiger partial charge is 0.247 e. The molecule has 3 amide bonds. The fraction of sp³-hybridized carbons (Fsp3) is 0.333. The first-order valence-electron chi connectivity index (χ1n) is 11.8. The van der Waals surface area contributed by atoms with Gasteiger partial charge in [-0.15, -0.1) is 11.3 Å². The minimum Gasteiger partial charge on any atom is -0.349 e. The van der Waals surface area contributed by atoms with Gasteiger partial charge in [0.15, 0.2) is 5.13 Å². The molecule has 190 valence electrons. The summed E-state index contributed by atoms with van der Waals surface area (Å²) in [5.41, 5.74) is 0.801. The number of anilines is 1. The molecular formula is C27H31FN4O3S. The molecule has 0 spiro atoms. The van der Waals surface area contributed by atoms with E-state index in [1.54, 1.807) is 11.6 Å². The first-order chi connectivity index (χ1) is 17.2.